The Balaban J connectivity index is 1.82. The van der Waals surface area contributed by atoms with E-state index in [0.717, 1.165) is 31.2 Å². The number of aliphatic hydroxyl groups is 1. The number of amides is 3. The summed E-state index contributed by atoms with van der Waals surface area (Å²) in [7, 11) is 0. The standard InChI is InChI=1S/C35H51N3O4S/c1-8-15-25(7)37(19-10-3)34(42)31-35-24(6)20-28(43-35)29(30(35)33(41)38(31)27(22-39)23(5)11-4)32(40)36(18-9-2)21-26-16-13-12-14-17-26/h9-10,12-14,16-17,23-25,27-31,39H,2-3,8,11,15,18-22H2,1,4-7H3/t23-,24?,25?,27-,28+,29-,30-,31?,35?/m0/s1. The van der Waals surface area contributed by atoms with Gasteiger partial charge >= 0.3 is 0 Å². The summed E-state index contributed by atoms with van der Waals surface area (Å²) >= 11 is 1.70. The van der Waals surface area contributed by atoms with Gasteiger partial charge in [0.2, 0.25) is 17.7 Å². The number of hydrogen-bond donors (Lipinski definition) is 1. The molecule has 3 amide bonds. The minimum Gasteiger partial charge on any atom is -0.394 e. The van der Waals surface area contributed by atoms with E-state index in [1.807, 2.05) is 54.0 Å². The van der Waals surface area contributed by atoms with Crippen LogP contribution in [0.4, 0.5) is 0 Å². The van der Waals surface area contributed by atoms with Crippen molar-refractivity contribution in [2.75, 3.05) is 19.7 Å². The third kappa shape index (κ3) is 5.82. The number of likely N-dealkylation sites (tertiary alicyclic amines) is 1. The average Bonchev–Trinajstić information content (AvgIpc) is 3.59. The van der Waals surface area contributed by atoms with Gasteiger partial charge < -0.3 is 19.8 Å². The molecule has 1 aromatic carbocycles. The maximum absolute atomic E-state index is 14.8. The van der Waals surface area contributed by atoms with Crippen molar-refractivity contribution in [3.8, 4) is 0 Å². The van der Waals surface area contributed by atoms with Gasteiger partial charge in [0.05, 0.1) is 29.2 Å². The van der Waals surface area contributed by atoms with Crippen molar-refractivity contribution in [2.24, 2.45) is 23.7 Å². The first-order valence-electron chi connectivity index (χ1n) is 16.1. The first kappa shape index (κ1) is 33.3. The van der Waals surface area contributed by atoms with E-state index in [4.69, 9.17) is 0 Å². The minimum atomic E-state index is -0.750. The third-order valence-corrected chi connectivity index (χ3v) is 12.3. The van der Waals surface area contributed by atoms with Crippen molar-refractivity contribution in [3.63, 3.8) is 0 Å². The first-order chi connectivity index (χ1) is 20.6. The van der Waals surface area contributed by atoms with Crippen LogP contribution in [0.2, 0.25) is 0 Å². The fourth-order valence-corrected chi connectivity index (χ4v) is 10.3. The molecule has 1 N–H and O–H groups in total. The summed E-state index contributed by atoms with van der Waals surface area (Å²) < 4.78 is -0.738. The highest BCUT2D eigenvalue weighted by atomic mass is 32.2. The number of thioether (sulfide) groups is 1. The van der Waals surface area contributed by atoms with Gasteiger partial charge in [-0.3, -0.25) is 14.4 Å². The summed E-state index contributed by atoms with van der Waals surface area (Å²) in [6, 6.07) is 8.60. The fraction of sp³-hybridized carbons (Fsp3) is 0.629. The summed E-state index contributed by atoms with van der Waals surface area (Å²) in [5.74, 6) is -1.40. The SMILES string of the molecule is C=CCN(Cc1ccccc1)C(=O)[C@@H]1[C@H]2C(=O)N([C@@H](CO)[C@@H](C)CC)C(C(=O)N(CC=C)C(C)CCC)C23S[C@@H]1CC3C. The molecule has 2 bridgehead atoms. The largest absolute Gasteiger partial charge is 0.394 e. The zero-order chi connectivity index (χ0) is 31.5. The van der Waals surface area contributed by atoms with Crippen LogP contribution < -0.4 is 0 Å². The molecule has 0 aliphatic carbocycles. The average molecular weight is 610 g/mol. The molecule has 9 atom stereocenters. The van der Waals surface area contributed by atoms with Crippen LogP contribution in [0.3, 0.4) is 0 Å². The van der Waals surface area contributed by atoms with Crippen molar-refractivity contribution in [2.45, 2.75) is 95.0 Å². The highest BCUT2D eigenvalue weighted by Gasteiger charge is 2.77. The zero-order valence-electron chi connectivity index (χ0n) is 26.7. The molecular weight excluding hydrogens is 558 g/mol. The molecule has 3 aliphatic heterocycles. The molecular formula is C35H51N3O4S. The van der Waals surface area contributed by atoms with E-state index in [-0.39, 0.29) is 47.5 Å². The molecule has 3 saturated heterocycles. The Hall–Kier alpha value is -2.58. The predicted molar refractivity (Wildman–Crippen MR) is 174 cm³/mol. The second kappa shape index (κ2) is 14.0. The minimum absolute atomic E-state index is 0.0117. The van der Waals surface area contributed by atoms with Crippen LogP contribution >= 0.6 is 11.8 Å². The molecule has 3 aliphatic rings. The molecule has 0 saturated carbocycles. The number of fused-ring (bicyclic) bond motifs is 1. The van der Waals surface area contributed by atoms with Crippen molar-refractivity contribution in [3.05, 3.63) is 61.2 Å². The van der Waals surface area contributed by atoms with E-state index in [9.17, 15) is 19.5 Å². The maximum atomic E-state index is 14.8. The quantitative estimate of drug-likeness (QED) is 0.278. The van der Waals surface area contributed by atoms with E-state index in [0.29, 0.717) is 19.6 Å². The molecule has 7 nitrogen and oxygen atoms in total. The van der Waals surface area contributed by atoms with E-state index in [2.05, 4.69) is 33.9 Å². The van der Waals surface area contributed by atoms with Gasteiger partial charge in [-0.2, -0.15) is 0 Å². The lowest BCUT2D eigenvalue weighted by Gasteiger charge is -2.44. The molecule has 1 spiro atoms. The number of rotatable bonds is 15. The Morgan fingerprint density at radius 2 is 1.81 bits per heavy atom. The van der Waals surface area contributed by atoms with Crippen molar-refractivity contribution >= 4 is 29.5 Å². The molecule has 43 heavy (non-hydrogen) atoms. The van der Waals surface area contributed by atoms with E-state index < -0.39 is 28.7 Å². The van der Waals surface area contributed by atoms with Crippen LogP contribution in [0.5, 0.6) is 0 Å². The van der Waals surface area contributed by atoms with Gasteiger partial charge in [-0.05, 0) is 37.2 Å². The van der Waals surface area contributed by atoms with Crippen molar-refractivity contribution in [1.29, 1.82) is 0 Å². The maximum Gasteiger partial charge on any atom is 0.247 e. The smallest absolute Gasteiger partial charge is 0.247 e. The molecule has 3 heterocycles. The fourth-order valence-electron chi connectivity index (χ4n) is 7.95. The molecule has 4 rings (SSSR count). The Morgan fingerprint density at radius 3 is 2.40 bits per heavy atom. The number of nitrogens with zero attached hydrogens (tertiary/aromatic N) is 3. The lowest BCUT2D eigenvalue weighted by Crippen LogP contribution is -2.61. The lowest BCUT2D eigenvalue weighted by molar-refractivity contribution is -0.148. The van der Waals surface area contributed by atoms with E-state index >= 15 is 0 Å². The van der Waals surface area contributed by atoms with Crippen LogP contribution in [-0.2, 0) is 20.9 Å². The van der Waals surface area contributed by atoms with Crippen LogP contribution in [-0.4, -0.2) is 85.3 Å². The zero-order valence-corrected chi connectivity index (χ0v) is 27.5. The number of hydrogen-bond acceptors (Lipinski definition) is 5. The van der Waals surface area contributed by atoms with E-state index in [1.165, 1.54) is 0 Å². The topological polar surface area (TPSA) is 81.2 Å². The van der Waals surface area contributed by atoms with Crippen LogP contribution in [0, 0.1) is 23.7 Å². The van der Waals surface area contributed by atoms with Gasteiger partial charge in [-0.1, -0.05) is 83.0 Å². The Labute approximate surface area is 262 Å². The molecule has 0 aromatic heterocycles. The van der Waals surface area contributed by atoms with Gasteiger partial charge in [-0.15, -0.1) is 24.9 Å². The molecule has 236 valence electrons. The Bertz CT molecular complexity index is 1180. The normalized spacial score (nSPS) is 29.6. The summed E-state index contributed by atoms with van der Waals surface area (Å²) in [6.45, 7) is 19.2. The summed E-state index contributed by atoms with van der Waals surface area (Å²) in [6.07, 6.45) is 6.79. The van der Waals surface area contributed by atoms with Gasteiger partial charge in [0.25, 0.3) is 0 Å². The highest BCUT2D eigenvalue weighted by molar-refractivity contribution is 8.02. The van der Waals surface area contributed by atoms with Gasteiger partial charge in [0.1, 0.15) is 6.04 Å². The first-order valence-corrected chi connectivity index (χ1v) is 17.0. The van der Waals surface area contributed by atoms with Gasteiger partial charge in [0, 0.05) is 30.9 Å². The third-order valence-electron chi connectivity index (χ3n) is 10.3. The van der Waals surface area contributed by atoms with Crippen LogP contribution in [0.1, 0.15) is 65.9 Å². The van der Waals surface area contributed by atoms with Crippen LogP contribution in [0.25, 0.3) is 0 Å². The predicted octanol–water partition coefficient (Wildman–Crippen LogP) is 5.15. The molecule has 0 radical (unpaired) electrons. The summed E-state index contributed by atoms with van der Waals surface area (Å²) in [5.41, 5.74) is 1.02. The van der Waals surface area contributed by atoms with E-state index in [1.54, 1.807) is 28.8 Å². The van der Waals surface area contributed by atoms with Gasteiger partial charge in [0.15, 0.2) is 0 Å². The number of carbonyl (C=O) groups is 3. The second-order valence-corrected chi connectivity index (χ2v) is 14.4. The highest BCUT2D eigenvalue weighted by Crippen LogP contribution is 2.69. The van der Waals surface area contributed by atoms with Crippen molar-refractivity contribution < 1.29 is 19.5 Å². The second-order valence-electron chi connectivity index (χ2n) is 12.8. The number of aliphatic hydroxyl groups excluding tert-OH is 1. The molecule has 4 unspecified atom stereocenters. The van der Waals surface area contributed by atoms with Crippen molar-refractivity contribution in [1.82, 2.24) is 14.7 Å². The summed E-state index contributed by atoms with van der Waals surface area (Å²) in [4.78, 5) is 49.6. The van der Waals surface area contributed by atoms with Crippen LogP contribution in [0.15, 0.2) is 55.6 Å². The molecule has 3 fully saturated rings. The molecule has 8 heteroatoms. The molecule has 1 aromatic rings. The number of benzene rings is 1. The summed E-state index contributed by atoms with van der Waals surface area (Å²) in [5, 5.41) is 10.7. The monoisotopic (exact) mass is 609 g/mol. The number of carbonyl (C=O) groups excluding carboxylic acids is 3. The Morgan fingerprint density at radius 1 is 1.14 bits per heavy atom. The van der Waals surface area contributed by atoms with Gasteiger partial charge in [-0.25, -0.2) is 0 Å². The lowest BCUT2D eigenvalue weighted by atomic mass is 9.65. The Kier molecular flexibility index (Phi) is 10.9.